The Balaban J connectivity index is 1.72. The fourth-order valence-corrected chi connectivity index (χ4v) is 3.30. The van der Waals surface area contributed by atoms with Gasteiger partial charge in [-0.3, -0.25) is 9.59 Å². The normalized spacial score (nSPS) is 10.7. The second-order valence-electron chi connectivity index (χ2n) is 7.27. The van der Waals surface area contributed by atoms with Gasteiger partial charge in [-0.2, -0.15) is 0 Å². The highest BCUT2D eigenvalue weighted by atomic mass is 16.3. The van der Waals surface area contributed by atoms with Gasteiger partial charge >= 0.3 is 0 Å². The summed E-state index contributed by atoms with van der Waals surface area (Å²) < 4.78 is 10.9. The van der Waals surface area contributed by atoms with Crippen LogP contribution < -0.4 is 0 Å². The van der Waals surface area contributed by atoms with E-state index in [2.05, 4.69) is 0 Å². The van der Waals surface area contributed by atoms with E-state index >= 15 is 0 Å². The van der Waals surface area contributed by atoms with Gasteiger partial charge in [-0.05, 0) is 49.6 Å². The van der Waals surface area contributed by atoms with E-state index in [0.29, 0.717) is 19.6 Å². The molecule has 0 unspecified atom stereocenters. The highest BCUT2D eigenvalue weighted by Crippen LogP contribution is 2.13. The lowest BCUT2D eigenvalue weighted by Gasteiger charge is -2.26. The van der Waals surface area contributed by atoms with E-state index in [1.54, 1.807) is 21.9 Å². The van der Waals surface area contributed by atoms with E-state index in [1.807, 2.05) is 56.3 Å². The summed E-state index contributed by atoms with van der Waals surface area (Å²) >= 11 is 0. The fraction of sp³-hybridized carbons (Fsp3) is 0.333. The standard InChI is InChI=1S/C24H28N2O4/c1-3-14-26(24(28)22-10-7-16-29-22)18-23(27)25(17-21-12-11-19(2)30-21)15-13-20-8-5-4-6-9-20/h4-12,16H,3,13-15,17-18H2,1-2H3. The molecule has 0 saturated carbocycles. The molecule has 0 radical (unpaired) electrons. The highest BCUT2D eigenvalue weighted by molar-refractivity contribution is 5.94. The molecule has 0 spiro atoms. The van der Waals surface area contributed by atoms with E-state index in [1.165, 1.54) is 6.26 Å². The number of hydrogen-bond donors (Lipinski definition) is 0. The van der Waals surface area contributed by atoms with Crippen molar-refractivity contribution in [2.45, 2.75) is 33.2 Å². The van der Waals surface area contributed by atoms with Gasteiger partial charge in [0.1, 0.15) is 18.1 Å². The monoisotopic (exact) mass is 408 g/mol. The van der Waals surface area contributed by atoms with Crippen molar-refractivity contribution in [3.63, 3.8) is 0 Å². The molecule has 3 rings (SSSR count). The summed E-state index contributed by atoms with van der Waals surface area (Å²) in [5, 5.41) is 0. The minimum absolute atomic E-state index is 0.00184. The zero-order valence-electron chi connectivity index (χ0n) is 17.5. The Labute approximate surface area is 177 Å². The van der Waals surface area contributed by atoms with Crippen LogP contribution in [0.1, 0.15) is 41.0 Å². The molecule has 0 atom stereocenters. The van der Waals surface area contributed by atoms with Crippen LogP contribution in [0.2, 0.25) is 0 Å². The second kappa shape index (κ2) is 10.5. The maximum absolute atomic E-state index is 13.2. The number of carbonyl (C=O) groups excluding carboxylic acids is 2. The molecule has 0 aliphatic heterocycles. The minimum atomic E-state index is -0.271. The van der Waals surface area contributed by atoms with Gasteiger partial charge in [-0.15, -0.1) is 0 Å². The van der Waals surface area contributed by atoms with Crippen molar-refractivity contribution in [2.24, 2.45) is 0 Å². The number of benzene rings is 1. The molecular formula is C24H28N2O4. The third kappa shape index (κ3) is 5.86. The number of rotatable bonds is 10. The van der Waals surface area contributed by atoms with Crippen molar-refractivity contribution in [3.05, 3.63) is 83.7 Å². The largest absolute Gasteiger partial charge is 0.464 e. The van der Waals surface area contributed by atoms with Gasteiger partial charge in [0.25, 0.3) is 5.91 Å². The smallest absolute Gasteiger partial charge is 0.290 e. The quantitative estimate of drug-likeness (QED) is 0.501. The first-order valence-corrected chi connectivity index (χ1v) is 10.3. The van der Waals surface area contributed by atoms with E-state index in [4.69, 9.17) is 8.83 Å². The number of aryl methyl sites for hydroxylation is 1. The van der Waals surface area contributed by atoms with Crippen molar-refractivity contribution in [3.8, 4) is 0 Å². The molecule has 2 amide bonds. The lowest BCUT2D eigenvalue weighted by molar-refractivity contribution is -0.132. The number of amides is 2. The van der Waals surface area contributed by atoms with E-state index in [9.17, 15) is 9.59 Å². The first kappa shape index (κ1) is 21.4. The van der Waals surface area contributed by atoms with Crippen LogP contribution in [-0.2, 0) is 17.8 Å². The van der Waals surface area contributed by atoms with Crippen molar-refractivity contribution in [2.75, 3.05) is 19.6 Å². The molecule has 158 valence electrons. The molecule has 30 heavy (non-hydrogen) atoms. The van der Waals surface area contributed by atoms with Crippen molar-refractivity contribution < 1.29 is 18.4 Å². The summed E-state index contributed by atoms with van der Waals surface area (Å²) in [7, 11) is 0. The van der Waals surface area contributed by atoms with Crippen molar-refractivity contribution in [1.82, 2.24) is 9.80 Å². The third-order valence-corrected chi connectivity index (χ3v) is 4.85. The molecule has 0 N–H and O–H groups in total. The zero-order valence-corrected chi connectivity index (χ0v) is 17.5. The molecule has 6 nitrogen and oxygen atoms in total. The Morgan fingerprint density at radius 2 is 1.73 bits per heavy atom. The van der Waals surface area contributed by atoms with E-state index in [-0.39, 0.29) is 24.1 Å². The second-order valence-corrected chi connectivity index (χ2v) is 7.27. The van der Waals surface area contributed by atoms with E-state index < -0.39 is 0 Å². The number of nitrogens with zero attached hydrogens (tertiary/aromatic N) is 2. The predicted octanol–water partition coefficient (Wildman–Crippen LogP) is 4.30. The minimum Gasteiger partial charge on any atom is -0.464 e. The molecule has 6 heteroatoms. The fourth-order valence-electron chi connectivity index (χ4n) is 3.30. The zero-order chi connectivity index (χ0) is 21.3. The molecule has 2 aromatic heterocycles. The first-order chi connectivity index (χ1) is 14.6. The predicted molar refractivity (Wildman–Crippen MR) is 114 cm³/mol. The van der Waals surface area contributed by atoms with Gasteiger partial charge in [-0.1, -0.05) is 37.3 Å². The van der Waals surface area contributed by atoms with Crippen LogP contribution in [0.4, 0.5) is 0 Å². The Hall–Kier alpha value is -3.28. The van der Waals surface area contributed by atoms with Gasteiger partial charge in [0.05, 0.1) is 12.8 Å². The van der Waals surface area contributed by atoms with Gasteiger partial charge in [0.2, 0.25) is 5.91 Å². The average Bonchev–Trinajstić information content (AvgIpc) is 3.43. The average molecular weight is 408 g/mol. The van der Waals surface area contributed by atoms with Gasteiger partial charge in [0, 0.05) is 13.1 Å². The number of carbonyl (C=O) groups is 2. The first-order valence-electron chi connectivity index (χ1n) is 10.3. The number of hydrogen-bond acceptors (Lipinski definition) is 4. The lowest BCUT2D eigenvalue weighted by Crippen LogP contribution is -2.43. The lowest BCUT2D eigenvalue weighted by atomic mass is 10.1. The summed E-state index contributed by atoms with van der Waals surface area (Å²) in [6, 6.07) is 17.1. The number of furan rings is 2. The van der Waals surface area contributed by atoms with Crippen LogP contribution in [0.5, 0.6) is 0 Å². The van der Waals surface area contributed by atoms with Gasteiger partial charge in [-0.25, -0.2) is 0 Å². The molecule has 0 bridgehead atoms. The van der Waals surface area contributed by atoms with E-state index in [0.717, 1.165) is 29.9 Å². The SMILES string of the molecule is CCCN(CC(=O)N(CCc1ccccc1)Cc1ccc(C)o1)C(=O)c1ccco1. The molecule has 2 heterocycles. The summed E-state index contributed by atoms with van der Waals surface area (Å²) in [4.78, 5) is 29.2. The summed E-state index contributed by atoms with van der Waals surface area (Å²) in [6.45, 7) is 5.25. The third-order valence-electron chi connectivity index (χ3n) is 4.85. The maximum atomic E-state index is 13.2. The molecule has 0 aliphatic rings. The molecule has 3 aromatic rings. The van der Waals surface area contributed by atoms with Crippen LogP contribution in [-0.4, -0.2) is 41.2 Å². The Morgan fingerprint density at radius 1 is 0.933 bits per heavy atom. The Morgan fingerprint density at radius 3 is 2.37 bits per heavy atom. The van der Waals surface area contributed by atoms with Crippen LogP contribution in [0.25, 0.3) is 0 Å². The summed E-state index contributed by atoms with van der Waals surface area (Å²) in [5.74, 6) is 1.39. The molecule has 1 aromatic carbocycles. The molecule has 0 saturated heterocycles. The molecular weight excluding hydrogens is 380 g/mol. The van der Waals surface area contributed by atoms with Crippen LogP contribution in [0.3, 0.4) is 0 Å². The molecule has 0 aliphatic carbocycles. The molecule has 0 fully saturated rings. The summed E-state index contributed by atoms with van der Waals surface area (Å²) in [6.07, 6.45) is 2.94. The summed E-state index contributed by atoms with van der Waals surface area (Å²) in [5.41, 5.74) is 1.16. The van der Waals surface area contributed by atoms with Crippen LogP contribution >= 0.6 is 0 Å². The highest BCUT2D eigenvalue weighted by Gasteiger charge is 2.24. The maximum Gasteiger partial charge on any atom is 0.290 e. The topological polar surface area (TPSA) is 66.9 Å². The van der Waals surface area contributed by atoms with Gasteiger partial charge in [0.15, 0.2) is 5.76 Å². The van der Waals surface area contributed by atoms with Crippen LogP contribution in [0, 0.1) is 6.92 Å². The Kier molecular flexibility index (Phi) is 7.49. The van der Waals surface area contributed by atoms with Gasteiger partial charge < -0.3 is 18.6 Å². The Bertz CT molecular complexity index is 931. The van der Waals surface area contributed by atoms with Crippen LogP contribution in [0.15, 0.2) is 69.7 Å². The van der Waals surface area contributed by atoms with Crippen molar-refractivity contribution >= 4 is 11.8 Å². The van der Waals surface area contributed by atoms with Crippen molar-refractivity contribution in [1.29, 1.82) is 0 Å².